The number of urea groups is 1. The van der Waals surface area contributed by atoms with Gasteiger partial charge in [0.15, 0.2) is 0 Å². The molecule has 2 saturated heterocycles. The fourth-order valence-corrected chi connectivity index (χ4v) is 6.83. The molecule has 3 aromatic carbocycles. The number of nitrogens with zero attached hydrogens (tertiary/aromatic N) is 2. The van der Waals surface area contributed by atoms with E-state index < -0.39 is 53.5 Å². The number of amides is 4. The van der Waals surface area contributed by atoms with Crippen molar-refractivity contribution in [3.8, 4) is 0 Å². The molecule has 0 saturated carbocycles. The summed E-state index contributed by atoms with van der Waals surface area (Å²) in [5, 5.41) is 5.63. The van der Waals surface area contributed by atoms with Gasteiger partial charge in [0.05, 0.1) is 29.9 Å². The topological polar surface area (TPSA) is 91.0 Å². The second-order valence-electron chi connectivity index (χ2n) is 13.2. The fraction of sp³-hybridized carbons (Fsp3) is 0.432. The van der Waals surface area contributed by atoms with Crippen molar-refractivity contribution < 1.29 is 49.9 Å². The predicted octanol–water partition coefficient (Wildman–Crippen LogP) is 6.95. The number of likely N-dealkylation sites (tertiary alicyclic amines) is 2. The molecule has 4 atom stereocenters. The van der Waals surface area contributed by atoms with Gasteiger partial charge in [-0.15, -0.1) is 0 Å². The van der Waals surface area contributed by atoms with E-state index in [1.54, 1.807) is 6.92 Å². The summed E-state index contributed by atoms with van der Waals surface area (Å²) in [6.45, 7) is 3.46. The third-order valence-electron chi connectivity index (χ3n) is 9.44. The van der Waals surface area contributed by atoms with E-state index in [1.807, 2.05) is 30.3 Å². The molecular formula is C37H39F7N4O4. The Morgan fingerprint density at radius 3 is 2.15 bits per heavy atom. The molecule has 15 heteroatoms. The van der Waals surface area contributed by atoms with E-state index in [0.717, 1.165) is 5.56 Å². The van der Waals surface area contributed by atoms with Gasteiger partial charge in [-0.1, -0.05) is 36.4 Å². The SMILES string of the molecule is CC(=O)N1CC(OCc2ccccc2)CC1C(=O)N[C@H]1CCN(C(=O)NCCc2cc(C(F)(F)F)cc(C(F)(F)F)c2)[C@@H](c2ccc(F)cc2C)C1. The van der Waals surface area contributed by atoms with Gasteiger partial charge in [0.2, 0.25) is 11.8 Å². The molecule has 2 unspecified atom stereocenters. The van der Waals surface area contributed by atoms with Crippen LogP contribution in [0.15, 0.2) is 66.7 Å². The Morgan fingerprint density at radius 1 is 0.865 bits per heavy atom. The molecule has 2 heterocycles. The highest BCUT2D eigenvalue weighted by atomic mass is 19.4. The van der Waals surface area contributed by atoms with Gasteiger partial charge in [0.1, 0.15) is 11.9 Å². The lowest BCUT2D eigenvalue weighted by Gasteiger charge is -2.41. The predicted molar refractivity (Wildman–Crippen MR) is 176 cm³/mol. The van der Waals surface area contributed by atoms with Crippen LogP contribution in [0.25, 0.3) is 0 Å². The molecular weight excluding hydrogens is 697 g/mol. The van der Waals surface area contributed by atoms with Crippen LogP contribution in [0.1, 0.15) is 65.6 Å². The summed E-state index contributed by atoms with van der Waals surface area (Å²) < 4.78 is 100. The van der Waals surface area contributed by atoms with E-state index in [4.69, 9.17) is 4.74 Å². The first-order valence-corrected chi connectivity index (χ1v) is 16.8. The Kier molecular flexibility index (Phi) is 11.8. The molecule has 5 rings (SSSR count). The Morgan fingerprint density at radius 2 is 1.54 bits per heavy atom. The van der Waals surface area contributed by atoms with Crippen molar-refractivity contribution in [1.29, 1.82) is 0 Å². The largest absolute Gasteiger partial charge is 0.416 e. The molecule has 0 radical (unpaired) electrons. The quantitative estimate of drug-likeness (QED) is 0.233. The minimum absolute atomic E-state index is 0.0448. The van der Waals surface area contributed by atoms with E-state index >= 15 is 0 Å². The Bertz CT molecular complexity index is 1720. The van der Waals surface area contributed by atoms with Crippen LogP contribution in [-0.4, -0.2) is 65.5 Å². The van der Waals surface area contributed by atoms with Crippen LogP contribution in [0.3, 0.4) is 0 Å². The lowest BCUT2D eigenvalue weighted by Crippen LogP contribution is -2.54. The molecule has 2 N–H and O–H groups in total. The number of aryl methyl sites for hydroxylation is 1. The highest BCUT2D eigenvalue weighted by molar-refractivity contribution is 5.88. The number of hydrogen-bond acceptors (Lipinski definition) is 4. The van der Waals surface area contributed by atoms with Crippen molar-refractivity contribution in [1.82, 2.24) is 20.4 Å². The first-order valence-electron chi connectivity index (χ1n) is 16.8. The van der Waals surface area contributed by atoms with Crippen molar-refractivity contribution in [2.75, 3.05) is 19.6 Å². The number of carbonyl (C=O) groups excluding carboxylic acids is 3. The van der Waals surface area contributed by atoms with Crippen molar-refractivity contribution in [2.45, 2.75) is 82.7 Å². The second-order valence-corrected chi connectivity index (χ2v) is 13.2. The summed E-state index contributed by atoms with van der Waals surface area (Å²) in [5.74, 6) is -1.15. The zero-order chi connectivity index (χ0) is 37.8. The van der Waals surface area contributed by atoms with Gasteiger partial charge in [0.25, 0.3) is 0 Å². The number of hydrogen-bond donors (Lipinski definition) is 2. The van der Waals surface area contributed by atoms with Crippen molar-refractivity contribution in [3.63, 3.8) is 0 Å². The van der Waals surface area contributed by atoms with Crippen LogP contribution in [-0.2, 0) is 39.7 Å². The first-order chi connectivity index (χ1) is 24.5. The fourth-order valence-electron chi connectivity index (χ4n) is 6.83. The van der Waals surface area contributed by atoms with E-state index in [0.29, 0.717) is 36.3 Å². The van der Waals surface area contributed by atoms with E-state index in [-0.39, 0.29) is 68.4 Å². The molecule has 2 aliphatic heterocycles. The average molecular weight is 737 g/mol. The molecule has 0 spiro atoms. The summed E-state index contributed by atoms with van der Waals surface area (Å²) in [5.41, 5.74) is -1.06. The smallest absolute Gasteiger partial charge is 0.372 e. The summed E-state index contributed by atoms with van der Waals surface area (Å²) in [6, 6.07) is 12.3. The molecule has 0 aliphatic carbocycles. The minimum Gasteiger partial charge on any atom is -0.372 e. The van der Waals surface area contributed by atoms with E-state index in [1.165, 1.54) is 34.9 Å². The van der Waals surface area contributed by atoms with Gasteiger partial charge < -0.3 is 25.2 Å². The van der Waals surface area contributed by atoms with Crippen molar-refractivity contribution in [3.05, 3.63) is 106 Å². The van der Waals surface area contributed by atoms with Crippen molar-refractivity contribution in [2.24, 2.45) is 0 Å². The minimum atomic E-state index is -5.00. The molecule has 2 aliphatic rings. The highest BCUT2D eigenvalue weighted by Gasteiger charge is 2.41. The number of halogens is 7. The van der Waals surface area contributed by atoms with Gasteiger partial charge in [-0.05, 0) is 78.8 Å². The number of nitrogens with one attached hydrogen (secondary N) is 2. The maximum atomic E-state index is 14.1. The van der Waals surface area contributed by atoms with Gasteiger partial charge in [-0.2, -0.15) is 26.3 Å². The zero-order valence-electron chi connectivity index (χ0n) is 28.5. The van der Waals surface area contributed by atoms with E-state index in [9.17, 15) is 45.1 Å². The molecule has 8 nitrogen and oxygen atoms in total. The number of benzene rings is 3. The maximum Gasteiger partial charge on any atom is 0.416 e. The van der Waals surface area contributed by atoms with Crippen LogP contribution in [0.5, 0.6) is 0 Å². The summed E-state index contributed by atoms with van der Waals surface area (Å²) >= 11 is 0. The number of ether oxygens (including phenoxy) is 1. The number of carbonyl (C=O) groups is 3. The third-order valence-corrected chi connectivity index (χ3v) is 9.44. The van der Waals surface area contributed by atoms with Crippen LogP contribution >= 0.6 is 0 Å². The second kappa shape index (κ2) is 15.9. The van der Waals surface area contributed by atoms with Gasteiger partial charge >= 0.3 is 18.4 Å². The van der Waals surface area contributed by atoms with Crippen LogP contribution in [0.4, 0.5) is 35.5 Å². The number of alkyl halides is 6. The normalized spacial score (nSPS) is 20.9. The van der Waals surface area contributed by atoms with Gasteiger partial charge in [0, 0.05) is 39.0 Å². The lowest BCUT2D eigenvalue weighted by molar-refractivity contribution is -0.143. The van der Waals surface area contributed by atoms with Gasteiger partial charge in [-0.25, -0.2) is 9.18 Å². The standard InChI is InChI=1S/C37H39F7N4O4/c1-22-14-28(38)8-9-31(22)32-18-29(46-34(50)33-19-30(20-48(33)23(2)49)52-21-24-6-4-3-5-7-24)11-13-47(32)35(51)45-12-10-25-15-26(36(39,40)41)17-27(16-25)37(42,43)44/h3-9,14-17,29-30,32-33H,10-13,18-21H2,1-2H3,(H,45,51)(H,46,50)/t29-,30?,32+,33?/m0/s1. The molecule has 52 heavy (non-hydrogen) atoms. The Balaban J connectivity index is 1.26. The molecule has 0 aromatic heterocycles. The van der Waals surface area contributed by atoms with Crippen LogP contribution in [0.2, 0.25) is 0 Å². The summed E-state index contributed by atoms with van der Waals surface area (Å²) in [4.78, 5) is 42.5. The zero-order valence-corrected chi connectivity index (χ0v) is 28.5. The third kappa shape index (κ3) is 9.60. The summed E-state index contributed by atoms with van der Waals surface area (Å²) in [6.07, 6.45) is -9.87. The monoisotopic (exact) mass is 736 g/mol. The average Bonchev–Trinajstić information content (AvgIpc) is 3.52. The molecule has 4 amide bonds. The first kappa shape index (κ1) is 38.6. The Hall–Kier alpha value is -4.66. The Labute approximate surface area is 296 Å². The molecule has 2 fully saturated rings. The lowest BCUT2D eigenvalue weighted by atomic mass is 9.89. The molecule has 3 aromatic rings. The van der Waals surface area contributed by atoms with E-state index in [2.05, 4.69) is 10.6 Å². The molecule has 280 valence electrons. The van der Waals surface area contributed by atoms with Gasteiger partial charge in [-0.3, -0.25) is 9.59 Å². The maximum absolute atomic E-state index is 14.1. The highest BCUT2D eigenvalue weighted by Crippen LogP contribution is 2.37. The summed E-state index contributed by atoms with van der Waals surface area (Å²) in [7, 11) is 0. The number of rotatable bonds is 9. The number of piperidine rings is 1. The molecule has 0 bridgehead atoms. The van der Waals surface area contributed by atoms with Crippen molar-refractivity contribution >= 4 is 17.8 Å². The van der Waals surface area contributed by atoms with Crippen LogP contribution < -0.4 is 10.6 Å². The van der Waals surface area contributed by atoms with Crippen LogP contribution in [0, 0.1) is 12.7 Å².